The van der Waals surface area contributed by atoms with E-state index in [1.807, 2.05) is 10.9 Å². The van der Waals surface area contributed by atoms with Gasteiger partial charge in [-0.1, -0.05) is 13.8 Å². The van der Waals surface area contributed by atoms with Crippen molar-refractivity contribution < 1.29 is 0 Å². The van der Waals surface area contributed by atoms with Crippen molar-refractivity contribution in [3.63, 3.8) is 0 Å². The van der Waals surface area contributed by atoms with Crippen LogP contribution in [0.4, 0.5) is 0 Å². The zero-order chi connectivity index (χ0) is 13.8. The topological polar surface area (TPSA) is 29.9 Å². The molecule has 0 fully saturated rings. The van der Waals surface area contributed by atoms with Gasteiger partial charge in [0.05, 0.1) is 6.20 Å². The zero-order valence-corrected chi connectivity index (χ0v) is 12.8. The lowest BCUT2D eigenvalue weighted by molar-refractivity contribution is 0.317. The second-order valence-corrected chi connectivity index (χ2v) is 6.49. The summed E-state index contributed by atoms with van der Waals surface area (Å²) in [5.41, 5.74) is 1.56. The summed E-state index contributed by atoms with van der Waals surface area (Å²) in [4.78, 5) is 0. The molecule has 0 radical (unpaired) electrons. The molecule has 0 amide bonds. The van der Waals surface area contributed by atoms with Gasteiger partial charge in [0.15, 0.2) is 0 Å². The summed E-state index contributed by atoms with van der Waals surface area (Å²) in [6, 6.07) is 0. The minimum absolute atomic E-state index is 0.209. The van der Waals surface area contributed by atoms with Crippen molar-refractivity contribution in [3.8, 4) is 0 Å². The van der Waals surface area contributed by atoms with E-state index in [-0.39, 0.29) is 5.54 Å². The first-order valence-corrected chi connectivity index (χ1v) is 7.08. The van der Waals surface area contributed by atoms with E-state index >= 15 is 0 Å². The third-order valence-corrected chi connectivity index (χ3v) is 3.49. The Labute approximate surface area is 112 Å². The molecule has 3 heteroatoms. The summed E-state index contributed by atoms with van der Waals surface area (Å²) in [6.07, 6.45) is 5.29. The Morgan fingerprint density at radius 3 is 2.44 bits per heavy atom. The van der Waals surface area contributed by atoms with Crippen LogP contribution < -0.4 is 5.32 Å². The Morgan fingerprint density at radius 2 is 1.94 bits per heavy atom. The highest BCUT2D eigenvalue weighted by molar-refractivity contribution is 5.05. The van der Waals surface area contributed by atoms with E-state index in [0.717, 1.165) is 19.5 Å². The number of rotatable bonds is 6. The molecule has 0 saturated carbocycles. The molecule has 104 valence electrons. The number of aromatic nitrogens is 2. The molecule has 18 heavy (non-hydrogen) atoms. The SMILES string of the molecule is CCn1cc(CC(C)C(C)CNC(C)(C)C)cn1. The van der Waals surface area contributed by atoms with Crippen LogP contribution in [0.15, 0.2) is 12.4 Å². The fourth-order valence-electron chi connectivity index (χ4n) is 1.93. The van der Waals surface area contributed by atoms with Gasteiger partial charge in [-0.2, -0.15) is 5.10 Å². The van der Waals surface area contributed by atoms with E-state index in [4.69, 9.17) is 0 Å². The van der Waals surface area contributed by atoms with Crippen molar-refractivity contribution in [2.45, 2.75) is 60.0 Å². The van der Waals surface area contributed by atoms with E-state index < -0.39 is 0 Å². The first kappa shape index (κ1) is 15.2. The van der Waals surface area contributed by atoms with Gasteiger partial charge in [-0.15, -0.1) is 0 Å². The average Bonchev–Trinajstić information content (AvgIpc) is 2.72. The van der Waals surface area contributed by atoms with Gasteiger partial charge in [-0.05, 0) is 58.1 Å². The van der Waals surface area contributed by atoms with E-state index in [1.165, 1.54) is 5.56 Å². The number of aryl methyl sites for hydroxylation is 1. The van der Waals surface area contributed by atoms with E-state index in [2.05, 4.69) is 58.2 Å². The summed E-state index contributed by atoms with van der Waals surface area (Å²) in [5, 5.41) is 7.92. The summed E-state index contributed by atoms with van der Waals surface area (Å²) < 4.78 is 2.00. The minimum Gasteiger partial charge on any atom is -0.312 e. The molecule has 1 rings (SSSR count). The van der Waals surface area contributed by atoms with E-state index in [0.29, 0.717) is 11.8 Å². The van der Waals surface area contributed by atoms with Gasteiger partial charge in [0.25, 0.3) is 0 Å². The maximum absolute atomic E-state index is 4.33. The van der Waals surface area contributed by atoms with Crippen molar-refractivity contribution >= 4 is 0 Å². The monoisotopic (exact) mass is 251 g/mol. The third kappa shape index (κ3) is 5.21. The van der Waals surface area contributed by atoms with Gasteiger partial charge >= 0.3 is 0 Å². The highest BCUT2D eigenvalue weighted by atomic mass is 15.3. The van der Waals surface area contributed by atoms with Gasteiger partial charge in [-0.25, -0.2) is 0 Å². The predicted molar refractivity (Wildman–Crippen MR) is 77.7 cm³/mol. The van der Waals surface area contributed by atoms with Crippen LogP contribution >= 0.6 is 0 Å². The Hall–Kier alpha value is -0.830. The smallest absolute Gasteiger partial charge is 0.0521 e. The maximum Gasteiger partial charge on any atom is 0.0521 e. The van der Waals surface area contributed by atoms with Crippen molar-refractivity contribution in [1.29, 1.82) is 0 Å². The van der Waals surface area contributed by atoms with Gasteiger partial charge < -0.3 is 5.32 Å². The molecular formula is C15H29N3. The molecule has 1 aromatic heterocycles. The summed E-state index contributed by atoms with van der Waals surface area (Å²) in [7, 11) is 0. The molecule has 0 aliphatic rings. The van der Waals surface area contributed by atoms with Gasteiger partial charge in [-0.3, -0.25) is 4.68 Å². The average molecular weight is 251 g/mol. The normalized spacial score (nSPS) is 15.7. The highest BCUT2D eigenvalue weighted by Crippen LogP contribution is 2.17. The molecule has 0 aliphatic carbocycles. The fourth-order valence-corrected chi connectivity index (χ4v) is 1.93. The number of hydrogen-bond donors (Lipinski definition) is 1. The highest BCUT2D eigenvalue weighted by Gasteiger charge is 2.16. The van der Waals surface area contributed by atoms with Crippen molar-refractivity contribution in [3.05, 3.63) is 18.0 Å². The van der Waals surface area contributed by atoms with Crippen LogP contribution in [0.5, 0.6) is 0 Å². The Kier molecular flexibility index (Phi) is 5.39. The summed E-state index contributed by atoms with van der Waals surface area (Å²) >= 11 is 0. The molecule has 0 bridgehead atoms. The number of hydrogen-bond acceptors (Lipinski definition) is 2. The molecule has 2 atom stereocenters. The van der Waals surface area contributed by atoms with Crippen molar-refractivity contribution in [1.82, 2.24) is 15.1 Å². The Morgan fingerprint density at radius 1 is 1.28 bits per heavy atom. The van der Waals surface area contributed by atoms with Gasteiger partial charge in [0.2, 0.25) is 0 Å². The molecule has 2 unspecified atom stereocenters. The first-order valence-electron chi connectivity index (χ1n) is 7.08. The largest absolute Gasteiger partial charge is 0.312 e. The maximum atomic E-state index is 4.33. The lowest BCUT2D eigenvalue weighted by Gasteiger charge is -2.26. The van der Waals surface area contributed by atoms with Crippen LogP contribution in [-0.4, -0.2) is 21.9 Å². The first-order chi connectivity index (χ1) is 8.31. The van der Waals surface area contributed by atoms with Crippen LogP contribution in [0, 0.1) is 11.8 Å². The van der Waals surface area contributed by atoms with Gasteiger partial charge in [0, 0.05) is 18.3 Å². The molecule has 1 N–H and O–H groups in total. The number of nitrogens with zero attached hydrogens (tertiary/aromatic N) is 2. The Balaban J connectivity index is 2.41. The molecule has 0 spiro atoms. The second kappa shape index (κ2) is 6.37. The number of nitrogens with one attached hydrogen (secondary N) is 1. The predicted octanol–water partition coefficient (Wildman–Crippen LogP) is 3.11. The van der Waals surface area contributed by atoms with Crippen molar-refractivity contribution in [2.75, 3.05) is 6.54 Å². The summed E-state index contributed by atoms with van der Waals surface area (Å²) in [5.74, 6) is 1.35. The molecule has 1 aromatic rings. The quantitative estimate of drug-likeness (QED) is 0.842. The standard InChI is InChI=1S/C15H29N3/c1-7-18-11-14(10-17-18)8-12(2)13(3)9-16-15(4,5)6/h10-13,16H,7-9H2,1-6H3. The van der Waals surface area contributed by atoms with Crippen LogP contribution in [0.2, 0.25) is 0 Å². The second-order valence-electron chi connectivity index (χ2n) is 6.49. The lowest BCUT2D eigenvalue weighted by atomic mass is 9.90. The van der Waals surface area contributed by atoms with Gasteiger partial charge in [0.1, 0.15) is 0 Å². The van der Waals surface area contributed by atoms with E-state index in [9.17, 15) is 0 Å². The van der Waals surface area contributed by atoms with Crippen LogP contribution in [0.3, 0.4) is 0 Å². The fraction of sp³-hybridized carbons (Fsp3) is 0.800. The van der Waals surface area contributed by atoms with E-state index in [1.54, 1.807) is 0 Å². The summed E-state index contributed by atoms with van der Waals surface area (Å²) in [6.45, 7) is 15.5. The van der Waals surface area contributed by atoms with Crippen LogP contribution in [-0.2, 0) is 13.0 Å². The van der Waals surface area contributed by atoms with Crippen molar-refractivity contribution in [2.24, 2.45) is 11.8 Å². The third-order valence-electron chi connectivity index (χ3n) is 3.49. The lowest BCUT2D eigenvalue weighted by Crippen LogP contribution is -2.40. The molecular weight excluding hydrogens is 222 g/mol. The molecule has 0 saturated heterocycles. The van der Waals surface area contributed by atoms with Crippen LogP contribution in [0.25, 0.3) is 0 Å². The van der Waals surface area contributed by atoms with Crippen LogP contribution in [0.1, 0.15) is 47.1 Å². The Bertz CT molecular complexity index is 349. The minimum atomic E-state index is 0.209. The zero-order valence-electron chi connectivity index (χ0n) is 12.8. The molecule has 0 aromatic carbocycles. The molecule has 0 aliphatic heterocycles. The molecule has 3 nitrogen and oxygen atoms in total. The molecule has 1 heterocycles.